The summed E-state index contributed by atoms with van der Waals surface area (Å²) in [4.78, 5) is 11.7. The molecule has 104 valence electrons. The van der Waals surface area contributed by atoms with Crippen molar-refractivity contribution in [3.8, 4) is 0 Å². The maximum Gasteiger partial charge on any atom is 0.407 e. The van der Waals surface area contributed by atoms with Crippen LogP contribution in [0.2, 0.25) is 0 Å². The lowest BCUT2D eigenvalue weighted by molar-refractivity contribution is 0.0364. The number of carbonyl (C=O) groups is 1. The molecule has 0 aromatic rings. The maximum absolute atomic E-state index is 11.7. The Labute approximate surface area is 109 Å². The Kier molecular flexibility index (Phi) is 3.58. The van der Waals surface area contributed by atoms with E-state index in [1.54, 1.807) is 0 Å². The first-order valence-electron chi connectivity index (χ1n) is 6.92. The van der Waals surface area contributed by atoms with Gasteiger partial charge in [-0.2, -0.15) is 0 Å². The molecule has 4 heteroatoms. The summed E-state index contributed by atoms with van der Waals surface area (Å²) in [5.74, 6) is 1.32. The van der Waals surface area contributed by atoms with Crippen molar-refractivity contribution in [2.75, 3.05) is 13.2 Å². The molecule has 2 fully saturated rings. The van der Waals surface area contributed by atoms with Crippen LogP contribution >= 0.6 is 0 Å². The summed E-state index contributed by atoms with van der Waals surface area (Å²) in [7, 11) is 0. The number of aliphatic hydroxyl groups excluding tert-OH is 1. The van der Waals surface area contributed by atoms with Gasteiger partial charge in [0, 0.05) is 12.0 Å². The van der Waals surface area contributed by atoms with Gasteiger partial charge in [0.15, 0.2) is 0 Å². The molecule has 2 aliphatic carbocycles. The number of alkyl carbamates (subject to hydrolysis) is 1. The molecule has 3 unspecified atom stereocenters. The Morgan fingerprint density at radius 1 is 1.44 bits per heavy atom. The molecule has 0 radical (unpaired) electrons. The molecule has 4 nitrogen and oxygen atoms in total. The minimum absolute atomic E-state index is 0.0974. The number of rotatable bonds is 3. The number of nitrogens with one attached hydrogen (secondary N) is 1. The standard InChI is InChI=1S/C14H25NO3/c1-13(2,3)18-12(17)15-8-14(9-16)7-10-4-5-11(14)6-10/h10-11,16H,4-9H2,1-3H3,(H,15,17). The van der Waals surface area contributed by atoms with Gasteiger partial charge in [-0.05, 0) is 51.9 Å². The third-order valence-electron chi connectivity index (χ3n) is 4.40. The van der Waals surface area contributed by atoms with Gasteiger partial charge in [0.2, 0.25) is 0 Å². The highest BCUT2D eigenvalue weighted by atomic mass is 16.6. The Hall–Kier alpha value is -0.770. The molecule has 0 aliphatic heterocycles. The van der Waals surface area contributed by atoms with E-state index in [9.17, 15) is 9.90 Å². The molecule has 2 aliphatic rings. The molecule has 18 heavy (non-hydrogen) atoms. The summed E-state index contributed by atoms with van der Waals surface area (Å²) >= 11 is 0. The van der Waals surface area contributed by atoms with Crippen molar-refractivity contribution in [2.45, 2.75) is 52.1 Å². The van der Waals surface area contributed by atoms with E-state index in [-0.39, 0.29) is 18.1 Å². The Morgan fingerprint density at radius 3 is 2.61 bits per heavy atom. The van der Waals surface area contributed by atoms with Crippen molar-refractivity contribution in [1.29, 1.82) is 0 Å². The van der Waals surface area contributed by atoms with Crippen molar-refractivity contribution in [3.63, 3.8) is 0 Å². The van der Waals surface area contributed by atoms with Crippen LogP contribution in [0.4, 0.5) is 4.79 Å². The fourth-order valence-corrected chi connectivity index (χ4v) is 3.59. The molecule has 0 aromatic carbocycles. The van der Waals surface area contributed by atoms with E-state index in [2.05, 4.69) is 5.32 Å². The van der Waals surface area contributed by atoms with Gasteiger partial charge in [-0.15, -0.1) is 0 Å². The number of amides is 1. The average molecular weight is 255 g/mol. The van der Waals surface area contributed by atoms with Crippen LogP contribution in [0.5, 0.6) is 0 Å². The van der Waals surface area contributed by atoms with Crippen LogP contribution in [0.25, 0.3) is 0 Å². The molecule has 0 heterocycles. The fourth-order valence-electron chi connectivity index (χ4n) is 3.59. The van der Waals surface area contributed by atoms with Crippen molar-refractivity contribution in [1.82, 2.24) is 5.32 Å². The summed E-state index contributed by atoms with van der Waals surface area (Å²) in [6.45, 7) is 6.27. The first-order chi connectivity index (χ1) is 8.35. The molecule has 2 bridgehead atoms. The number of hydrogen-bond acceptors (Lipinski definition) is 3. The first-order valence-corrected chi connectivity index (χ1v) is 6.92. The van der Waals surface area contributed by atoms with E-state index in [0.717, 1.165) is 12.3 Å². The van der Waals surface area contributed by atoms with E-state index < -0.39 is 5.60 Å². The minimum atomic E-state index is -0.467. The molecule has 2 rings (SSSR count). The minimum Gasteiger partial charge on any atom is -0.444 e. The van der Waals surface area contributed by atoms with Crippen LogP contribution in [0.15, 0.2) is 0 Å². The van der Waals surface area contributed by atoms with Gasteiger partial charge >= 0.3 is 6.09 Å². The lowest BCUT2D eigenvalue weighted by Gasteiger charge is -2.36. The van der Waals surface area contributed by atoms with Crippen LogP contribution in [0.3, 0.4) is 0 Å². The second-order valence-electron chi connectivity index (χ2n) is 6.96. The zero-order valence-corrected chi connectivity index (χ0v) is 11.7. The number of aliphatic hydroxyl groups is 1. The largest absolute Gasteiger partial charge is 0.444 e. The monoisotopic (exact) mass is 255 g/mol. The second-order valence-corrected chi connectivity index (χ2v) is 6.96. The van der Waals surface area contributed by atoms with Crippen molar-refractivity contribution < 1.29 is 14.6 Å². The molecule has 0 spiro atoms. The number of fused-ring (bicyclic) bond motifs is 2. The summed E-state index contributed by atoms with van der Waals surface area (Å²) in [5.41, 5.74) is -0.565. The highest BCUT2D eigenvalue weighted by molar-refractivity contribution is 5.67. The van der Waals surface area contributed by atoms with E-state index in [4.69, 9.17) is 4.74 Å². The number of carbonyl (C=O) groups excluding carboxylic acids is 1. The third kappa shape index (κ3) is 2.79. The normalized spacial score (nSPS) is 34.7. The SMILES string of the molecule is CC(C)(C)OC(=O)NCC1(CO)CC2CCC1C2. The molecule has 1 amide bonds. The molecule has 3 atom stereocenters. The number of hydrogen-bond donors (Lipinski definition) is 2. The molecular weight excluding hydrogens is 230 g/mol. The van der Waals surface area contributed by atoms with E-state index >= 15 is 0 Å². The third-order valence-corrected chi connectivity index (χ3v) is 4.40. The van der Waals surface area contributed by atoms with Gasteiger partial charge in [0.05, 0.1) is 6.61 Å². The van der Waals surface area contributed by atoms with Crippen molar-refractivity contribution in [3.05, 3.63) is 0 Å². The van der Waals surface area contributed by atoms with Crippen molar-refractivity contribution >= 4 is 6.09 Å². The quantitative estimate of drug-likeness (QED) is 0.813. The van der Waals surface area contributed by atoms with Crippen LogP contribution < -0.4 is 5.32 Å². The lowest BCUT2D eigenvalue weighted by atomic mass is 9.73. The summed E-state index contributed by atoms with van der Waals surface area (Å²) < 4.78 is 5.24. The van der Waals surface area contributed by atoms with E-state index in [1.165, 1.54) is 19.3 Å². The average Bonchev–Trinajstić information content (AvgIpc) is 2.84. The summed E-state index contributed by atoms with van der Waals surface area (Å²) in [5, 5.41) is 12.5. The smallest absolute Gasteiger partial charge is 0.407 e. The fraction of sp³-hybridized carbons (Fsp3) is 0.929. The second kappa shape index (κ2) is 4.72. The van der Waals surface area contributed by atoms with Gasteiger partial charge in [0.25, 0.3) is 0 Å². The molecular formula is C14H25NO3. The first kappa shape index (κ1) is 13.7. The highest BCUT2D eigenvalue weighted by Crippen LogP contribution is 2.55. The Bertz CT molecular complexity index is 323. The zero-order valence-electron chi connectivity index (χ0n) is 11.7. The molecule has 0 aromatic heterocycles. The Balaban J connectivity index is 1.87. The number of ether oxygens (including phenoxy) is 1. The predicted molar refractivity (Wildman–Crippen MR) is 69.2 cm³/mol. The van der Waals surface area contributed by atoms with Gasteiger partial charge in [-0.1, -0.05) is 6.42 Å². The Morgan fingerprint density at radius 2 is 2.17 bits per heavy atom. The van der Waals surface area contributed by atoms with Crippen LogP contribution in [0, 0.1) is 17.3 Å². The van der Waals surface area contributed by atoms with Crippen molar-refractivity contribution in [2.24, 2.45) is 17.3 Å². The van der Waals surface area contributed by atoms with Gasteiger partial charge in [0.1, 0.15) is 5.60 Å². The van der Waals surface area contributed by atoms with Crippen LogP contribution in [-0.4, -0.2) is 30.0 Å². The van der Waals surface area contributed by atoms with E-state index in [0.29, 0.717) is 12.5 Å². The summed E-state index contributed by atoms with van der Waals surface area (Å²) in [6.07, 6.45) is 4.37. The summed E-state index contributed by atoms with van der Waals surface area (Å²) in [6, 6.07) is 0. The van der Waals surface area contributed by atoms with Crippen LogP contribution in [0.1, 0.15) is 46.5 Å². The topological polar surface area (TPSA) is 58.6 Å². The maximum atomic E-state index is 11.7. The van der Waals surface area contributed by atoms with Gasteiger partial charge in [-0.25, -0.2) is 4.79 Å². The highest BCUT2D eigenvalue weighted by Gasteiger charge is 2.50. The van der Waals surface area contributed by atoms with Crippen LogP contribution in [-0.2, 0) is 4.74 Å². The zero-order chi connectivity index (χ0) is 13.4. The van der Waals surface area contributed by atoms with Gasteiger partial charge < -0.3 is 15.2 Å². The molecule has 0 saturated heterocycles. The molecule has 2 saturated carbocycles. The molecule has 2 N–H and O–H groups in total. The lowest BCUT2D eigenvalue weighted by Crippen LogP contribution is -2.45. The van der Waals surface area contributed by atoms with Gasteiger partial charge in [-0.3, -0.25) is 0 Å². The predicted octanol–water partition coefficient (Wildman–Crippen LogP) is 2.31. The van der Waals surface area contributed by atoms with E-state index in [1.807, 2.05) is 20.8 Å².